The van der Waals surface area contributed by atoms with Crippen LogP contribution in [0.2, 0.25) is 0 Å². The van der Waals surface area contributed by atoms with E-state index in [2.05, 4.69) is 17.2 Å². The van der Waals surface area contributed by atoms with E-state index in [0.717, 1.165) is 5.84 Å². The lowest BCUT2D eigenvalue weighted by Gasteiger charge is -2.06. The fraction of sp³-hybridized carbons (Fsp3) is 0.857. The standard InChI is InChI=1S/C7H12N2/c1-5-8-6-3-2-4-7(6)9-5/h6-7H,2-4H2,1H3,(H,8,9). The molecule has 2 unspecified atom stereocenters. The van der Waals surface area contributed by atoms with Crippen LogP contribution in [0.1, 0.15) is 26.2 Å². The summed E-state index contributed by atoms with van der Waals surface area (Å²) in [5.74, 6) is 1.14. The molecule has 2 heteroatoms. The summed E-state index contributed by atoms with van der Waals surface area (Å²) in [6, 6.07) is 1.33. The maximum Gasteiger partial charge on any atom is 0.0938 e. The molecule has 1 fully saturated rings. The Morgan fingerprint density at radius 2 is 2.44 bits per heavy atom. The predicted molar refractivity (Wildman–Crippen MR) is 37.7 cm³/mol. The summed E-state index contributed by atoms with van der Waals surface area (Å²) in [5.41, 5.74) is 0. The molecule has 0 aromatic rings. The maximum absolute atomic E-state index is 4.46. The van der Waals surface area contributed by atoms with E-state index in [9.17, 15) is 0 Å². The molecule has 2 atom stereocenters. The highest BCUT2D eigenvalue weighted by Crippen LogP contribution is 2.25. The molecule has 1 heterocycles. The molecule has 50 valence electrons. The van der Waals surface area contributed by atoms with Gasteiger partial charge in [-0.15, -0.1) is 0 Å². The van der Waals surface area contributed by atoms with Gasteiger partial charge >= 0.3 is 0 Å². The van der Waals surface area contributed by atoms with Gasteiger partial charge in [-0.05, 0) is 26.2 Å². The molecule has 0 radical (unpaired) electrons. The molecule has 0 amide bonds. The average Bonchev–Trinajstić information content (AvgIpc) is 2.22. The predicted octanol–water partition coefficient (Wildman–Crippen LogP) is 0.929. The Labute approximate surface area is 55.4 Å². The zero-order valence-corrected chi connectivity index (χ0v) is 5.72. The molecule has 1 aliphatic heterocycles. The lowest BCUT2D eigenvalue weighted by atomic mass is 10.2. The van der Waals surface area contributed by atoms with E-state index in [0.29, 0.717) is 12.1 Å². The summed E-state index contributed by atoms with van der Waals surface area (Å²) in [6.07, 6.45) is 3.99. The highest BCUT2D eigenvalue weighted by atomic mass is 15.1. The molecular weight excluding hydrogens is 112 g/mol. The molecule has 0 spiro atoms. The molecule has 2 nitrogen and oxygen atoms in total. The first-order valence-electron chi connectivity index (χ1n) is 3.67. The molecule has 1 N–H and O–H groups in total. The number of fused-ring (bicyclic) bond motifs is 1. The van der Waals surface area contributed by atoms with Gasteiger partial charge in [0.25, 0.3) is 0 Å². The quantitative estimate of drug-likeness (QED) is 0.510. The maximum atomic E-state index is 4.46. The highest BCUT2D eigenvalue weighted by molar-refractivity contribution is 5.82. The van der Waals surface area contributed by atoms with Crippen molar-refractivity contribution in [1.29, 1.82) is 0 Å². The molecule has 2 aliphatic rings. The second kappa shape index (κ2) is 1.72. The molecule has 1 saturated carbocycles. The summed E-state index contributed by atoms with van der Waals surface area (Å²) < 4.78 is 0. The van der Waals surface area contributed by atoms with Crippen molar-refractivity contribution in [3.63, 3.8) is 0 Å². The number of hydrogen-bond acceptors (Lipinski definition) is 2. The van der Waals surface area contributed by atoms with Crippen LogP contribution in [-0.4, -0.2) is 17.9 Å². The third-order valence-corrected chi connectivity index (χ3v) is 2.23. The smallest absolute Gasteiger partial charge is 0.0938 e. The number of nitrogens with one attached hydrogen (secondary N) is 1. The lowest BCUT2D eigenvalue weighted by Crippen LogP contribution is -2.29. The fourth-order valence-electron chi connectivity index (χ4n) is 1.82. The summed E-state index contributed by atoms with van der Waals surface area (Å²) >= 11 is 0. The van der Waals surface area contributed by atoms with Gasteiger partial charge in [-0.25, -0.2) is 0 Å². The topological polar surface area (TPSA) is 24.4 Å². The van der Waals surface area contributed by atoms with Crippen LogP contribution in [0, 0.1) is 0 Å². The molecule has 0 aromatic carbocycles. The molecule has 1 aliphatic carbocycles. The highest BCUT2D eigenvalue weighted by Gasteiger charge is 2.30. The van der Waals surface area contributed by atoms with Gasteiger partial charge in [0.15, 0.2) is 0 Å². The van der Waals surface area contributed by atoms with Crippen molar-refractivity contribution in [1.82, 2.24) is 5.32 Å². The van der Waals surface area contributed by atoms with E-state index in [1.165, 1.54) is 19.3 Å². The number of rotatable bonds is 0. The van der Waals surface area contributed by atoms with Crippen LogP contribution in [0.25, 0.3) is 0 Å². The Bertz CT molecular complexity index is 151. The first-order chi connectivity index (χ1) is 4.36. The van der Waals surface area contributed by atoms with Crippen LogP contribution < -0.4 is 5.32 Å². The SMILES string of the molecule is CC1=NC2CCCC2N1. The summed E-state index contributed by atoms with van der Waals surface area (Å²) in [6.45, 7) is 2.05. The van der Waals surface area contributed by atoms with Crippen LogP contribution in [0.3, 0.4) is 0 Å². The zero-order valence-electron chi connectivity index (χ0n) is 5.72. The van der Waals surface area contributed by atoms with E-state index >= 15 is 0 Å². The van der Waals surface area contributed by atoms with E-state index < -0.39 is 0 Å². The minimum Gasteiger partial charge on any atom is -0.369 e. The van der Waals surface area contributed by atoms with Crippen molar-refractivity contribution in [2.75, 3.05) is 0 Å². The van der Waals surface area contributed by atoms with Crippen molar-refractivity contribution < 1.29 is 0 Å². The monoisotopic (exact) mass is 124 g/mol. The van der Waals surface area contributed by atoms with Crippen molar-refractivity contribution >= 4 is 5.84 Å². The van der Waals surface area contributed by atoms with Crippen LogP contribution in [0.4, 0.5) is 0 Å². The first kappa shape index (κ1) is 5.27. The van der Waals surface area contributed by atoms with E-state index in [1.54, 1.807) is 0 Å². The second-order valence-electron chi connectivity index (χ2n) is 2.96. The first-order valence-corrected chi connectivity index (χ1v) is 3.67. The van der Waals surface area contributed by atoms with Crippen LogP contribution >= 0.6 is 0 Å². The van der Waals surface area contributed by atoms with Gasteiger partial charge < -0.3 is 5.32 Å². The van der Waals surface area contributed by atoms with E-state index in [-0.39, 0.29) is 0 Å². The Hall–Kier alpha value is -0.530. The van der Waals surface area contributed by atoms with Crippen LogP contribution in [0.15, 0.2) is 4.99 Å². The van der Waals surface area contributed by atoms with Crippen molar-refractivity contribution in [3.8, 4) is 0 Å². The minimum absolute atomic E-state index is 0.630. The van der Waals surface area contributed by atoms with Gasteiger partial charge in [0.2, 0.25) is 0 Å². The molecule has 0 saturated heterocycles. The Kier molecular flexibility index (Phi) is 1.01. The van der Waals surface area contributed by atoms with Crippen molar-refractivity contribution in [2.24, 2.45) is 4.99 Å². The lowest BCUT2D eigenvalue weighted by molar-refractivity contribution is 0.599. The Balaban J connectivity index is 2.13. The van der Waals surface area contributed by atoms with E-state index in [1.807, 2.05) is 0 Å². The van der Waals surface area contributed by atoms with Gasteiger partial charge in [-0.1, -0.05) is 0 Å². The third kappa shape index (κ3) is 0.732. The number of aliphatic imine (C=N–C) groups is 1. The summed E-state index contributed by atoms with van der Waals surface area (Å²) in [5, 5.41) is 3.37. The van der Waals surface area contributed by atoms with Gasteiger partial charge in [-0.3, -0.25) is 4.99 Å². The van der Waals surface area contributed by atoms with Crippen LogP contribution in [0.5, 0.6) is 0 Å². The molecule has 9 heavy (non-hydrogen) atoms. The number of hydrogen-bond donors (Lipinski definition) is 1. The number of nitrogens with zero attached hydrogens (tertiary/aromatic N) is 1. The van der Waals surface area contributed by atoms with Crippen LogP contribution in [-0.2, 0) is 0 Å². The van der Waals surface area contributed by atoms with Crippen molar-refractivity contribution in [3.05, 3.63) is 0 Å². The van der Waals surface area contributed by atoms with Crippen molar-refractivity contribution in [2.45, 2.75) is 38.3 Å². The molecule has 0 aromatic heterocycles. The third-order valence-electron chi connectivity index (χ3n) is 2.23. The largest absolute Gasteiger partial charge is 0.369 e. The second-order valence-corrected chi connectivity index (χ2v) is 2.96. The van der Waals surface area contributed by atoms with Gasteiger partial charge in [-0.2, -0.15) is 0 Å². The van der Waals surface area contributed by atoms with E-state index in [4.69, 9.17) is 0 Å². The molecular formula is C7H12N2. The normalized spacial score (nSPS) is 39.9. The molecule has 0 bridgehead atoms. The minimum atomic E-state index is 0.630. The van der Waals surface area contributed by atoms with Gasteiger partial charge in [0, 0.05) is 6.04 Å². The van der Waals surface area contributed by atoms with Gasteiger partial charge in [0.1, 0.15) is 0 Å². The van der Waals surface area contributed by atoms with Gasteiger partial charge in [0.05, 0.1) is 11.9 Å². The fourth-order valence-corrected chi connectivity index (χ4v) is 1.82. The summed E-state index contributed by atoms with van der Waals surface area (Å²) in [7, 11) is 0. The summed E-state index contributed by atoms with van der Waals surface area (Å²) in [4.78, 5) is 4.46. The Morgan fingerprint density at radius 1 is 1.56 bits per heavy atom. The zero-order chi connectivity index (χ0) is 6.27. The number of amidine groups is 1. The Morgan fingerprint density at radius 3 is 3.22 bits per heavy atom. The molecule has 2 rings (SSSR count). The average molecular weight is 124 g/mol.